The standard InChI is InChI=1S/C14H13NO2S2/c1-17-12-6-10-14(7-11(12)16)19-13-5-8(18-2)3-4-9(13)15-10/h3-6,15H,7H2,1-2H3. The number of ether oxygens (including phenoxy) is 1. The number of methoxy groups -OCH3 is 1. The third-order valence-electron chi connectivity index (χ3n) is 3.08. The largest absolute Gasteiger partial charge is 0.493 e. The number of carbonyl (C=O) groups is 1. The van der Waals surface area contributed by atoms with Gasteiger partial charge in [-0.1, -0.05) is 11.8 Å². The summed E-state index contributed by atoms with van der Waals surface area (Å²) >= 11 is 3.39. The lowest BCUT2D eigenvalue weighted by Crippen LogP contribution is -2.17. The maximum atomic E-state index is 11.8. The zero-order valence-corrected chi connectivity index (χ0v) is 12.3. The molecule has 1 aliphatic heterocycles. The highest BCUT2D eigenvalue weighted by molar-refractivity contribution is 8.03. The summed E-state index contributed by atoms with van der Waals surface area (Å²) < 4.78 is 5.10. The van der Waals surface area contributed by atoms with Crippen molar-refractivity contribution < 1.29 is 9.53 Å². The summed E-state index contributed by atoms with van der Waals surface area (Å²) in [5.74, 6) is 0.469. The molecule has 0 aromatic heterocycles. The van der Waals surface area contributed by atoms with Crippen LogP contribution < -0.4 is 5.32 Å². The minimum Gasteiger partial charge on any atom is -0.493 e. The minimum atomic E-state index is 0.0417. The minimum absolute atomic E-state index is 0.0417. The first-order valence-corrected chi connectivity index (χ1v) is 7.90. The Morgan fingerprint density at radius 1 is 1.42 bits per heavy atom. The molecule has 1 N–H and O–H groups in total. The third-order valence-corrected chi connectivity index (χ3v) is 4.98. The molecule has 0 atom stereocenters. The Kier molecular flexibility index (Phi) is 3.33. The highest BCUT2D eigenvalue weighted by atomic mass is 32.2. The van der Waals surface area contributed by atoms with Gasteiger partial charge in [0.15, 0.2) is 5.76 Å². The van der Waals surface area contributed by atoms with Crippen LogP contribution in [0.15, 0.2) is 50.4 Å². The molecule has 0 bridgehead atoms. The van der Waals surface area contributed by atoms with Crippen LogP contribution in [0.3, 0.4) is 0 Å². The van der Waals surface area contributed by atoms with Crippen LogP contribution in [0.4, 0.5) is 5.69 Å². The third kappa shape index (κ3) is 2.28. The van der Waals surface area contributed by atoms with E-state index >= 15 is 0 Å². The monoisotopic (exact) mass is 291 g/mol. The molecule has 0 unspecified atom stereocenters. The number of carbonyl (C=O) groups excluding carboxylic acids is 1. The van der Waals surface area contributed by atoms with E-state index in [2.05, 4.69) is 29.8 Å². The number of hydrogen-bond acceptors (Lipinski definition) is 5. The maximum Gasteiger partial charge on any atom is 0.202 e. The molecule has 3 rings (SSSR count). The first-order valence-electron chi connectivity index (χ1n) is 5.86. The fourth-order valence-corrected chi connectivity index (χ4v) is 3.70. The van der Waals surface area contributed by atoms with Gasteiger partial charge in [0.2, 0.25) is 5.78 Å². The van der Waals surface area contributed by atoms with E-state index in [9.17, 15) is 4.79 Å². The number of nitrogens with one attached hydrogen (secondary N) is 1. The molecule has 98 valence electrons. The van der Waals surface area contributed by atoms with Crippen molar-refractivity contribution in [1.29, 1.82) is 0 Å². The number of thioether (sulfide) groups is 2. The number of hydrogen-bond donors (Lipinski definition) is 1. The molecule has 0 saturated heterocycles. The van der Waals surface area contributed by atoms with Gasteiger partial charge in [-0.2, -0.15) is 0 Å². The van der Waals surface area contributed by atoms with Gasteiger partial charge >= 0.3 is 0 Å². The molecule has 0 spiro atoms. The molecule has 0 radical (unpaired) electrons. The lowest BCUT2D eigenvalue weighted by atomic mass is 10.1. The van der Waals surface area contributed by atoms with Crippen LogP contribution in [0, 0.1) is 0 Å². The van der Waals surface area contributed by atoms with Gasteiger partial charge in [0.25, 0.3) is 0 Å². The second kappa shape index (κ2) is 4.98. The van der Waals surface area contributed by atoms with Crippen LogP contribution >= 0.6 is 23.5 Å². The molecule has 1 aliphatic carbocycles. The van der Waals surface area contributed by atoms with Gasteiger partial charge in [-0.15, -0.1) is 11.8 Å². The van der Waals surface area contributed by atoms with E-state index in [0.29, 0.717) is 12.2 Å². The fraction of sp³-hybridized carbons (Fsp3) is 0.214. The van der Waals surface area contributed by atoms with Gasteiger partial charge in [-0.05, 0) is 24.5 Å². The molecule has 1 heterocycles. The van der Waals surface area contributed by atoms with Crippen molar-refractivity contribution >= 4 is 35.0 Å². The van der Waals surface area contributed by atoms with Crippen molar-refractivity contribution in [3.63, 3.8) is 0 Å². The zero-order chi connectivity index (χ0) is 13.4. The number of Topliss-reactive ketones (excluding diaryl/α,β-unsaturated/α-hetero) is 1. The van der Waals surface area contributed by atoms with Crippen molar-refractivity contribution in [1.82, 2.24) is 0 Å². The summed E-state index contributed by atoms with van der Waals surface area (Å²) in [5, 5.41) is 3.38. The van der Waals surface area contributed by atoms with E-state index < -0.39 is 0 Å². The van der Waals surface area contributed by atoms with Crippen molar-refractivity contribution in [2.75, 3.05) is 18.7 Å². The van der Waals surface area contributed by atoms with Crippen LogP contribution in [-0.4, -0.2) is 19.1 Å². The quantitative estimate of drug-likeness (QED) is 0.842. The second-order valence-electron chi connectivity index (χ2n) is 4.24. The lowest BCUT2D eigenvalue weighted by Gasteiger charge is -2.25. The number of anilines is 1. The number of benzene rings is 1. The number of allylic oxidation sites excluding steroid dienone is 3. The van der Waals surface area contributed by atoms with Gasteiger partial charge in [0, 0.05) is 27.2 Å². The molecule has 0 fully saturated rings. The molecule has 0 saturated carbocycles. The first-order chi connectivity index (χ1) is 9.21. The van der Waals surface area contributed by atoms with Gasteiger partial charge in [0.05, 0.1) is 18.5 Å². The maximum absolute atomic E-state index is 11.8. The van der Waals surface area contributed by atoms with Crippen molar-refractivity contribution in [3.8, 4) is 0 Å². The Balaban J connectivity index is 1.97. The van der Waals surface area contributed by atoms with E-state index in [1.165, 1.54) is 16.9 Å². The summed E-state index contributed by atoms with van der Waals surface area (Å²) in [6.07, 6.45) is 4.26. The molecular formula is C14H13NO2S2. The fourth-order valence-electron chi connectivity index (χ4n) is 2.09. The summed E-state index contributed by atoms with van der Waals surface area (Å²) in [5.41, 5.74) is 2.06. The van der Waals surface area contributed by atoms with Gasteiger partial charge in [0.1, 0.15) is 0 Å². The molecule has 3 nitrogen and oxygen atoms in total. The summed E-state index contributed by atoms with van der Waals surface area (Å²) in [7, 11) is 1.53. The normalized spacial score (nSPS) is 17.4. The molecule has 5 heteroatoms. The Labute approximate surface area is 120 Å². The SMILES string of the molecule is COC1=CC2=C(CC1=O)Sc1cc(SC)ccc1N2. The highest BCUT2D eigenvalue weighted by Crippen LogP contribution is 2.44. The number of rotatable bonds is 2. The van der Waals surface area contributed by atoms with Crippen LogP contribution in [0.25, 0.3) is 0 Å². The first kappa shape index (κ1) is 12.7. The molecule has 19 heavy (non-hydrogen) atoms. The zero-order valence-electron chi connectivity index (χ0n) is 10.6. The molecule has 1 aromatic rings. The van der Waals surface area contributed by atoms with E-state index in [1.807, 2.05) is 0 Å². The predicted molar refractivity (Wildman–Crippen MR) is 79.4 cm³/mol. The Morgan fingerprint density at radius 3 is 3.00 bits per heavy atom. The van der Waals surface area contributed by atoms with Gasteiger partial charge in [-0.25, -0.2) is 0 Å². The van der Waals surface area contributed by atoms with Crippen LogP contribution in [0.5, 0.6) is 0 Å². The molecule has 1 aromatic carbocycles. The summed E-state index contributed by atoms with van der Waals surface area (Å²) in [6.45, 7) is 0. The van der Waals surface area contributed by atoms with E-state index in [4.69, 9.17) is 4.74 Å². The van der Waals surface area contributed by atoms with Crippen molar-refractivity contribution in [2.24, 2.45) is 0 Å². The van der Waals surface area contributed by atoms with Crippen molar-refractivity contribution in [3.05, 3.63) is 40.6 Å². The Morgan fingerprint density at radius 2 is 2.26 bits per heavy atom. The average Bonchev–Trinajstić information content (AvgIpc) is 2.44. The Hall–Kier alpha value is -1.33. The van der Waals surface area contributed by atoms with E-state index in [1.54, 1.807) is 29.6 Å². The van der Waals surface area contributed by atoms with Crippen molar-refractivity contribution in [2.45, 2.75) is 16.2 Å². The van der Waals surface area contributed by atoms with Crippen LogP contribution in [0.2, 0.25) is 0 Å². The highest BCUT2D eigenvalue weighted by Gasteiger charge is 2.26. The average molecular weight is 291 g/mol. The predicted octanol–water partition coefficient (Wildman–Crippen LogP) is 3.64. The molecule has 0 amide bonds. The number of fused-ring (bicyclic) bond motifs is 1. The van der Waals surface area contributed by atoms with Crippen LogP contribution in [-0.2, 0) is 9.53 Å². The molecular weight excluding hydrogens is 278 g/mol. The second-order valence-corrected chi connectivity index (χ2v) is 6.26. The van der Waals surface area contributed by atoms with E-state index in [-0.39, 0.29) is 5.78 Å². The Bertz CT molecular complexity index is 620. The molecule has 2 aliphatic rings. The van der Waals surface area contributed by atoms with Crippen LogP contribution in [0.1, 0.15) is 6.42 Å². The van der Waals surface area contributed by atoms with Gasteiger partial charge in [-0.3, -0.25) is 4.79 Å². The van der Waals surface area contributed by atoms with E-state index in [0.717, 1.165) is 16.3 Å². The smallest absolute Gasteiger partial charge is 0.202 e. The lowest BCUT2D eigenvalue weighted by molar-refractivity contribution is -0.117. The number of ketones is 1. The summed E-state index contributed by atoms with van der Waals surface area (Å²) in [6, 6.07) is 6.33. The summed E-state index contributed by atoms with van der Waals surface area (Å²) in [4.78, 5) is 15.3. The topological polar surface area (TPSA) is 38.3 Å². The van der Waals surface area contributed by atoms with Gasteiger partial charge < -0.3 is 10.1 Å².